The summed E-state index contributed by atoms with van der Waals surface area (Å²) in [4.78, 5) is 16.6. The predicted molar refractivity (Wildman–Crippen MR) is 105 cm³/mol. The highest BCUT2D eigenvalue weighted by molar-refractivity contribution is 9.11. The molecule has 4 rings (SSSR count). The molecular weight excluding hydrogens is 502 g/mol. The summed E-state index contributed by atoms with van der Waals surface area (Å²) in [5.41, 5.74) is 3.44. The third-order valence-electron chi connectivity index (χ3n) is 4.68. The van der Waals surface area contributed by atoms with Crippen molar-refractivity contribution in [3.05, 3.63) is 60.1 Å². The summed E-state index contributed by atoms with van der Waals surface area (Å²) < 4.78 is 2.01. The first kappa shape index (κ1) is 16.4. The molecule has 24 heavy (non-hydrogen) atoms. The highest BCUT2D eigenvalue weighted by Gasteiger charge is 2.42. The number of H-pyrrole nitrogens is 1. The molecule has 1 aromatic heterocycles. The van der Waals surface area contributed by atoms with Gasteiger partial charge >= 0.3 is 0 Å². The number of aromatic nitrogens is 1. The average molecular weight is 514 g/mol. The lowest BCUT2D eigenvalue weighted by molar-refractivity contribution is 0.103. The third-order valence-corrected chi connectivity index (χ3v) is 6.55. The van der Waals surface area contributed by atoms with Crippen LogP contribution < -0.4 is 0 Å². The van der Waals surface area contributed by atoms with Crippen LogP contribution in [0.1, 0.15) is 41.0 Å². The summed E-state index contributed by atoms with van der Waals surface area (Å²) in [6.45, 7) is 4.11. The third kappa shape index (κ3) is 2.02. The maximum atomic E-state index is 13.2. The van der Waals surface area contributed by atoms with Crippen LogP contribution in [0.5, 0.6) is 5.75 Å². The number of carbonyl (C=O) groups excluding carboxylic acids is 1. The van der Waals surface area contributed by atoms with Gasteiger partial charge < -0.3 is 10.1 Å². The number of aromatic hydroxyl groups is 1. The molecule has 122 valence electrons. The molecule has 0 atom stereocenters. The molecule has 0 spiro atoms. The minimum absolute atomic E-state index is 0.0331. The van der Waals surface area contributed by atoms with Gasteiger partial charge in [-0.15, -0.1) is 0 Å². The Morgan fingerprint density at radius 2 is 1.83 bits per heavy atom. The Balaban J connectivity index is 2.15. The van der Waals surface area contributed by atoms with Gasteiger partial charge in [0.25, 0.3) is 0 Å². The fourth-order valence-electron chi connectivity index (χ4n) is 3.53. The van der Waals surface area contributed by atoms with E-state index in [1.807, 2.05) is 18.2 Å². The number of phenols is 1. The van der Waals surface area contributed by atoms with Gasteiger partial charge in [-0.2, -0.15) is 0 Å². The standard InChI is InChI=1S/C18H12Br3NO2/c1-18(2)13-9(6-10(20)16(24)14(13)21)15(23)12-8-4-3-7(19)5-11(8)22-17(12)18/h3-6,22,24H,1-2H3. The van der Waals surface area contributed by atoms with Crippen LogP contribution in [0.3, 0.4) is 0 Å². The Kier molecular flexibility index (Phi) is 3.54. The van der Waals surface area contributed by atoms with Gasteiger partial charge in [-0.25, -0.2) is 0 Å². The number of halogens is 3. The SMILES string of the molecule is CC1(C)c2[nH]c3cc(Br)ccc3c2C(=O)c2cc(Br)c(O)c(Br)c21. The van der Waals surface area contributed by atoms with Crippen LogP contribution in [0.15, 0.2) is 37.7 Å². The normalized spacial score (nSPS) is 15.5. The molecule has 1 aliphatic carbocycles. The van der Waals surface area contributed by atoms with E-state index in [4.69, 9.17) is 0 Å². The van der Waals surface area contributed by atoms with E-state index in [0.717, 1.165) is 26.6 Å². The molecule has 1 heterocycles. The second kappa shape index (κ2) is 5.19. The number of fused-ring (bicyclic) bond motifs is 4. The number of rotatable bonds is 0. The maximum absolute atomic E-state index is 13.2. The first-order chi connectivity index (χ1) is 11.2. The number of carbonyl (C=O) groups is 1. The van der Waals surface area contributed by atoms with Crippen LogP contribution in [-0.4, -0.2) is 15.9 Å². The summed E-state index contributed by atoms with van der Waals surface area (Å²) in [6.07, 6.45) is 0. The second-order valence-corrected chi connectivity index (χ2v) is 9.03. The molecule has 3 aromatic rings. The van der Waals surface area contributed by atoms with Crippen molar-refractivity contribution in [1.82, 2.24) is 4.98 Å². The van der Waals surface area contributed by atoms with Gasteiger partial charge in [0.05, 0.1) is 14.5 Å². The van der Waals surface area contributed by atoms with Gasteiger partial charge in [-0.1, -0.05) is 35.8 Å². The molecule has 0 saturated carbocycles. The molecule has 2 aromatic carbocycles. The number of hydrogen-bond donors (Lipinski definition) is 2. The highest BCUT2D eigenvalue weighted by Crippen LogP contribution is 2.50. The van der Waals surface area contributed by atoms with Crippen molar-refractivity contribution in [1.29, 1.82) is 0 Å². The van der Waals surface area contributed by atoms with E-state index in [1.54, 1.807) is 6.07 Å². The van der Waals surface area contributed by atoms with E-state index in [0.29, 0.717) is 20.1 Å². The molecule has 0 unspecified atom stereocenters. The fraction of sp³-hybridized carbons (Fsp3) is 0.167. The molecule has 1 aliphatic rings. The quantitative estimate of drug-likeness (QED) is 0.385. The van der Waals surface area contributed by atoms with Crippen molar-refractivity contribution < 1.29 is 9.90 Å². The van der Waals surface area contributed by atoms with E-state index >= 15 is 0 Å². The first-order valence-corrected chi connectivity index (χ1v) is 9.69. The molecule has 0 radical (unpaired) electrons. The topological polar surface area (TPSA) is 53.1 Å². The summed E-state index contributed by atoms with van der Waals surface area (Å²) in [7, 11) is 0. The summed E-state index contributed by atoms with van der Waals surface area (Å²) in [5, 5.41) is 11.2. The Morgan fingerprint density at radius 1 is 1.12 bits per heavy atom. The number of hydrogen-bond acceptors (Lipinski definition) is 2. The van der Waals surface area contributed by atoms with Gasteiger partial charge in [0, 0.05) is 32.0 Å². The van der Waals surface area contributed by atoms with Crippen LogP contribution in [-0.2, 0) is 5.41 Å². The second-order valence-electron chi connectivity index (χ2n) is 6.46. The predicted octanol–water partition coefficient (Wildman–Crippen LogP) is 6.03. The van der Waals surface area contributed by atoms with Crippen molar-refractivity contribution in [3.63, 3.8) is 0 Å². The molecule has 6 heteroatoms. The Hall–Kier alpha value is -1.11. The van der Waals surface area contributed by atoms with Crippen molar-refractivity contribution in [3.8, 4) is 5.75 Å². The molecule has 0 amide bonds. The zero-order chi connectivity index (χ0) is 17.4. The lowest BCUT2D eigenvalue weighted by Gasteiger charge is -2.33. The monoisotopic (exact) mass is 511 g/mol. The molecule has 0 aliphatic heterocycles. The Labute approximate surface area is 163 Å². The van der Waals surface area contributed by atoms with E-state index in [-0.39, 0.29) is 11.5 Å². The van der Waals surface area contributed by atoms with Crippen LogP contribution in [0, 0.1) is 0 Å². The van der Waals surface area contributed by atoms with Gasteiger partial charge in [0.2, 0.25) is 0 Å². The number of phenolic OH excluding ortho intramolecular Hbond substituents is 1. The minimum Gasteiger partial charge on any atom is -0.506 e. The fourth-order valence-corrected chi connectivity index (χ4v) is 5.51. The van der Waals surface area contributed by atoms with Gasteiger partial charge in [0.15, 0.2) is 5.78 Å². The molecular formula is C18H12Br3NO2. The first-order valence-electron chi connectivity index (χ1n) is 7.31. The number of ketones is 1. The number of benzene rings is 2. The zero-order valence-electron chi connectivity index (χ0n) is 12.8. The van der Waals surface area contributed by atoms with Crippen LogP contribution in [0.4, 0.5) is 0 Å². The lowest BCUT2D eigenvalue weighted by atomic mass is 9.71. The smallest absolute Gasteiger partial charge is 0.195 e. The molecule has 3 nitrogen and oxygen atoms in total. The van der Waals surface area contributed by atoms with Gasteiger partial charge in [0.1, 0.15) is 5.75 Å². The van der Waals surface area contributed by atoms with Crippen LogP contribution in [0.25, 0.3) is 10.9 Å². The highest BCUT2D eigenvalue weighted by atomic mass is 79.9. The summed E-state index contributed by atoms with van der Waals surface area (Å²) in [5.74, 6) is 0.0752. The van der Waals surface area contributed by atoms with E-state index in [1.165, 1.54) is 0 Å². The van der Waals surface area contributed by atoms with Crippen molar-refractivity contribution in [2.24, 2.45) is 0 Å². The van der Waals surface area contributed by atoms with Gasteiger partial charge in [-0.05, 0) is 55.6 Å². The minimum atomic E-state index is -0.457. The Bertz CT molecular complexity index is 1050. The van der Waals surface area contributed by atoms with E-state index in [2.05, 4.69) is 66.6 Å². The summed E-state index contributed by atoms with van der Waals surface area (Å²) in [6, 6.07) is 7.58. The molecule has 0 saturated heterocycles. The van der Waals surface area contributed by atoms with Crippen LogP contribution in [0.2, 0.25) is 0 Å². The van der Waals surface area contributed by atoms with Gasteiger partial charge in [-0.3, -0.25) is 4.79 Å². The lowest BCUT2D eigenvalue weighted by Crippen LogP contribution is -2.31. The largest absolute Gasteiger partial charge is 0.506 e. The molecule has 2 N–H and O–H groups in total. The van der Waals surface area contributed by atoms with Crippen molar-refractivity contribution >= 4 is 64.5 Å². The van der Waals surface area contributed by atoms with Crippen LogP contribution >= 0.6 is 47.8 Å². The zero-order valence-corrected chi connectivity index (χ0v) is 17.6. The van der Waals surface area contributed by atoms with E-state index in [9.17, 15) is 9.90 Å². The van der Waals surface area contributed by atoms with Crippen molar-refractivity contribution in [2.45, 2.75) is 19.3 Å². The average Bonchev–Trinajstić information content (AvgIpc) is 2.89. The summed E-state index contributed by atoms with van der Waals surface area (Å²) >= 11 is 10.3. The number of nitrogens with one attached hydrogen (secondary N) is 1. The Morgan fingerprint density at radius 3 is 2.54 bits per heavy atom. The molecule has 0 bridgehead atoms. The van der Waals surface area contributed by atoms with Crippen molar-refractivity contribution in [2.75, 3.05) is 0 Å². The number of aromatic amines is 1. The van der Waals surface area contributed by atoms with E-state index < -0.39 is 5.41 Å². The molecule has 0 fully saturated rings. The maximum Gasteiger partial charge on any atom is 0.195 e.